The molecule has 2 fully saturated rings. The Kier molecular flexibility index (Phi) is 6.26. The molecule has 2 amide bonds. The number of imide groups is 1. The van der Waals surface area contributed by atoms with Gasteiger partial charge < -0.3 is 19.1 Å². The van der Waals surface area contributed by atoms with E-state index < -0.39 is 35.8 Å². The van der Waals surface area contributed by atoms with Gasteiger partial charge in [0.15, 0.2) is 17.3 Å². The molecule has 0 unspecified atom stereocenters. The molecule has 4 aromatic rings. The minimum atomic E-state index is -1.07. The van der Waals surface area contributed by atoms with E-state index in [1.807, 2.05) is 47.4 Å². The predicted molar refractivity (Wildman–Crippen MR) is 164 cm³/mol. The molecule has 4 aliphatic heterocycles. The van der Waals surface area contributed by atoms with Crippen molar-refractivity contribution in [2.45, 2.75) is 12.1 Å². The number of carbonyl (C=O) groups is 4. The number of carbonyl (C=O) groups excluding carboxylic acids is 4. The van der Waals surface area contributed by atoms with Crippen molar-refractivity contribution in [1.82, 2.24) is 0 Å². The summed E-state index contributed by atoms with van der Waals surface area (Å²) in [6, 6.07) is 26.1. The van der Waals surface area contributed by atoms with E-state index in [1.165, 1.54) is 0 Å². The van der Waals surface area contributed by atoms with E-state index in [4.69, 9.17) is 14.2 Å². The average molecular weight is 599 g/mol. The van der Waals surface area contributed by atoms with Gasteiger partial charge in [0.2, 0.25) is 11.8 Å². The van der Waals surface area contributed by atoms with E-state index in [-0.39, 0.29) is 17.4 Å². The third-order valence-corrected chi connectivity index (χ3v) is 8.81. The third kappa shape index (κ3) is 4.30. The van der Waals surface area contributed by atoms with Gasteiger partial charge in [-0.15, -0.1) is 0 Å². The summed E-state index contributed by atoms with van der Waals surface area (Å²) < 4.78 is 17.2. The van der Waals surface area contributed by atoms with Crippen LogP contribution in [0.4, 0.5) is 11.4 Å². The Morgan fingerprint density at radius 3 is 2.22 bits per heavy atom. The van der Waals surface area contributed by atoms with Crippen molar-refractivity contribution in [3.63, 3.8) is 0 Å². The number of fused-ring (bicyclic) bond motifs is 6. The van der Waals surface area contributed by atoms with Gasteiger partial charge in [-0.25, -0.2) is 9.69 Å². The number of para-hydroxylation sites is 1. The summed E-state index contributed by atoms with van der Waals surface area (Å²) in [5, 5.41) is 0. The van der Waals surface area contributed by atoms with Crippen LogP contribution in [-0.4, -0.2) is 48.9 Å². The molecule has 0 spiro atoms. The van der Waals surface area contributed by atoms with Crippen molar-refractivity contribution < 1.29 is 33.4 Å². The molecule has 4 heterocycles. The Morgan fingerprint density at radius 1 is 0.733 bits per heavy atom. The van der Waals surface area contributed by atoms with Crippen LogP contribution in [0.1, 0.15) is 21.5 Å². The van der Waals surface area contributed by atoms with Gasteiger partial charge in [-0.3, -0.25) is 14.4 Å². The molecule has 4 atom stereocenters. The normalized spacial score (nSPS) is 22.5. The molecule has 4 aromatic carbocycles. The molecule has 222 valence electrons. The number of hydrogen-bond donors (Lipinski definition) is 0. The number of amides is 2. The highest BCUT2D eigenvalue weighted by molar-refractivity contribution is 6.24. The number of benzene rings is 4. The van der Waals surface area contributed by atoms with Crippen LogP contribution in [0.15, 0.2) is 103 Å². The van der Waals surface area contributed by atoms with Crippen molar-refractivity contribution in [2.24, 2.45) is 11.8 Å². The SMILES string of the molecule is O=C(c1ccccc1)c1ccc(OC(=O)[C@@H]2[C@H]3C(=O)N(c4ccc5c(c4)OCCO5)C(=O)[C@@H]3[C@H]3C=Cc4ccccc4N32)cc1. The lowest BCUT2D eigenvalue weighted by Crippen LogP contribution is -2.50. The van der Waals surface area contributed by atoms with Gasteiger partial charge in [0, 0.05) is 22.9 Å². The third-order valence-electron chi connectivity index (χ3n) is 8.81. The van der Waals surface area contributed by atoms with Crippen LogP contribution in [0.25, 0.3) is 6.08 Å². The molecule has 0 aromatic heterocycles. The molecule has 9 heteroatoms. The molecule has 0 N–H and O–H groups in total. The van der Waals surface area contributed by atoms with Crippen molar-refractivity contribution in [3.8, 4) is 17.2 Å². The fourth-order valence-corrected chi connectivity index (χ4v) is 6.82. The summed E-state index contributed by atoms with van der Waals surface area (Å²) >= 11 is 0. The number of esters is 1. The van der Waals surface area contributed by atoms with Crippen LogP contribution in [-0.2, 0) is 14.4 Å². The highest BCUT2D eigenvalue weighted by Gasteiger charge is 2.65. The second-order valence-electron chi connectivity index (χ2n) is 11.3. The number of rotatable bonds is 5. The first kappa shape index (κ1) is 26.9. The molecule has 0 bridgehead atoms. The van der Waals surface area contributed by atoms with E-state index in [2.05, 4.69) is 0 Å². The van der Waals surface area contributed by atoms with Gasteiger partial charge in [0.1, 0.15) is 25.0 Å². The standard InChI is InChI=1S/C36H26N2O7/c39-33(22-7-2-1-3-8-22)23-10-14-25(15-11-23)45-36(42)32-31-30(27-16-12-21-6-4-5-9-26(21)38(27)32)34(40)37(35(31)41)24-13-17-28-29(20-24)44-19-18-43-28/h1-17,20,27,30-32H,18-19H2/t27-,30-,31+,32+/m1/s1. The zero-order chi connectivity index (χ0) is 30.7. The van der Waals surface area contributed by atoms with Crippen molar-refractivity contribution >= 4 is 41.0 Å². The van der Waals surface area contributed by atoms with Crippen LogP contribution in [0.3, 0.4) is 0 Å². The largest absolute Gasteiger partial charge is 0.486 e. The summed E-state index contributed by atoms with van der Waals surface area (Å²) in [4.78, 5) is 58.2. The number of ketones is 1. The molecule has 9 nitrogen and oxygen atoms in total. The lowest BCUT2D eigenvalue weighted by Gasteiger charge is -2.36. The molecular formula is C36H26N2O7. The predicted octanol–water partition coefficient (Wildman–Crippen LogP) is 4.68. The minimum absolute atomic E-state index is 0.152. The van der Waals surface area contributed by atoms with E-state index in [9.17, 15) is 19.2 Å². The lowest BCUT2D eigenvalue weighted by molar-refractivity contribution is -0.139. The molecule has 0 saturated carbocycles. The zero-order valence-corrected chi connectivity index (χ0v) is 23.9. The first-order valence-corrected chi connectivity index (χ1v) is 14.7. The van der Waals surface area contributed by atoms with Gasteiger partial charge in [-0.05, 0) is 48.0 Å². The Bertz CT molecular complexity index is 1900. The second-order valence-corrected chi connectivity index (χ2v) is 11.3. The maximum absolute atomic E-state index is 14.2. The fraction of sp³-hybridized carbons (Fsp3) is 0.167. The summed E-state index contributed by atoms with van der Waals surface area (Å²) in [6.07, 6.45) is 3.81. The van der Waals surface area contributed by atoms with Crippen molar-refractivity contribution in [3.05, 3.63) is 120 Å². The second kappa shape index (κ2) is 10.5. The van der Waals surface area contributed by atoms with Gasteiger partial charge in [-0.1, -0.05) is 60.7 Å². The van der Waals surface area contributed by atoms with E-state index in [0.29, 0.717) is 41.5 Å². The summed E-state index contributed by atoms with van der Waals surface area (Å²) in [7, 11) is 0. The Balaban J connectivity index is 1.13. The average Bonchev–Trinajstić information content (AvgIpc) is 3.57. The fourth-order valence-electron chi connectivity index (χ4n) is 6.82. The van der Waals surface area contributed by atoms with Gasteiger partial charge in [0.05, 0.1) is 23.6 Å². The quantitative estimate of drug-likeness (QED) is 0.141. The smallest absolute Gasteiger partial charge is 0.335 e. The maximum Gasteiger partial charge on any atom is 0.335 e. The topological polar surface area (TPSA) is 102 Å². The highest BCUT2D eigenvalue weighted by atomic mass is 16.6. The Labute approximate surface area is 258 Å². The van der Waals surface area contributed by atoms with Crippen LogP contribution >= 0.6 is 0 Å². The molecule has 2 saturated heterocycles. The first-order chi connectivity index (χ1) is 22.0. The van der Waals surface area contributed by atoms with E-state index >= 15 is 0 Å². The van der Waals surface area contributed by atoms with Crippen LogP contribution < -0.4 is 24.0 Å². The lowest BCUT2D eigenvalue weighted by atomic mass is 9.89. The summed E-state index contributed by atoms with van der Waals surface area (Å²) in [5.74, 6) is -2.25. The van der Waals surface area contributed by atoms with Crippen LogP contribution in [0.5, 0.6) is 17.2 Å². The number of anilines is 2. The molecule has 4 aliphatic rings. The number of hydrogen-bond acceptors (Lipinski definition) is 8. The van der Waals surface area contributed by atoms with Gasteiger partial charge in [-0.2, -0.15) is 0 Å². The number of nitrogens with zero attached hydrogens (tertiary/aromatic N) is 2. The molecule has 8 rings (SSSR count). The van der Waals surface area contributed by atoms with Crippen molar-refractivity contribution in [2.75, 3.05) is 23.0 Å². The molecular weight excluding hydrogens is 572 g/mol. The first-order valence-electron chi connectivity index (χ1n) is 14.7. The maximum atomic E-state index is 14.2. The Morgan fingerprint density at radius 2 is 1.42 bits per heavy atom. The van der Waals surface area contributed by atoms with Crippen LogP contribution in [0, 0.1) is 11.8 Å². The zero-order valence-electron chi connectivity index (χ0n) is 23.9. The van der Waals surface area contributed by atoms with Gasteiger partial charge >= 0.3 is 5.97 Å². The number of ether oxygens (including phenoxy) is 3. The molecule has 0 radical (unpaired) electrons. The van der Waals surface area contributed by atoms with Crippen molar-refractivity contribution in [1.29, 1.82) is 0 Å². The molecule has 0 aliphatic carbocycles. The molecule has 45 heavy (non-hydrogen) atoms. The Hall–Kier alpha value is -5.70. The monoisotopic (exact) mass is 598 g/mol. The van der Waals surface area contributed by atoms with E-state index in [0.717, 1.165) is 16.2 Å². The summed E-state index contributed by atoms with van der Waals surface area (Å²) in [6.45, 7) is 0.777. The summed E-state index contributed by atoms with van der Waals surface area (Å²) in [5.41, 5.74) is 2.98. The van der Waals surface area contributed by atoms with Gasteiger partial charge in [0.25, 0.3) is 0 Å². The minimum Gasteiger partial charge on any atom is -0.486 e. The van der Waals surface area contributed by atoms with Crippen LogP contribution in [0.2, 0.25) is 0 Å². The van der Waals surface area contributed by atoms with E-state index in [1.54, 1.807) is 66.7 Å². The highest BCUT2D eigenvalue weighted by Crippen LogP contribution is 2.50.